The van der Waals surface area contributed by atoms with E-state index in [2.05, 4.69) is 6.92 Å². The van der Waals surface area contributed by atoms with Gasteiger partial charge in [-0.15, -0.1) is 0 Å². The Labute approximate surface area is 253 Å². The number of rotatable bonds is 37. The molecule has 0 amide bonds. The van der Waals surface area contributed by atoms with Crippen LogP contribution in [0.5, 0.6) is 0 Å². The van der Waals surface area contributed by atoms with Crippen molar-refractivity contribution in [1.82, 2.24) is 0 Å². The maximum Gasteiger partial charge on any atom is 0.0478 e. The third-order valence-electron chi connectivity index (χ3n) is 8.46. The highest BCUT2D eigenvalue weighted by atomic mass is 16.5. The average molecular weight is 568 g/mol. The Morgan fingerprint density at radius 1 is 0.275 bits per heavy atom. The molecule has 0 atom stereocenters. The highest BCUT2D eigenvalue weighted by Crippen LogP contribution is 2.15. The zero-order valence-corrected chi connectivity index (χ0v) is 27.8. The summed E-state index contributed by atoms with van der Waals surface area (Å²) < 4.78 is 11.4. The van der Waals surface area contributed by atoms with Gasteiger partial charge >= 0.3 is 0 Å². The van der Waals surface area contributed by atoms with Gasteiger partial charge in [0.05, 0.1) is 0 Å². The standard InChI is InChI=1S/C37H77NO2/c1-2-3-4-5-6-7-8-9-10-11-14-17-20-23-26-29-34-39-35-30-27-24-21-18-15-12-13-16-19-22-25-28-31-36-40-37-32-33-38/h2-38H2,1H3. The first-order chi connectivity index (χ1) is 19.9. The molecular weight excluding hydrogens is 490 g/mol. The summed E-state index contributed by atoms with van der Waals surface area (Å²) in [6.45, 7) is 6.78. The fourth-order valence-corrected chi connectivity index (χ4v) is 5.67. The Kier molecular flexibility index (Phi) is 38.8. The number of hydrogen-bond donors (Lipinski definition) is 1. The molecule has 3 heteroatoms. The molecule has 2 N–H and O–H groups in total. The number of nitrogens with two attached hydrogens (primary N) is 1. The van der Waals surface area contributed by atoms with Crippen LogP contribution in [0.2, 0.25) is 0 Å². The SMILES string of the molecule is CCCCCCCCCCCCCCCCCCOCCCCCCCCCCCCCCCCOCCCN. The highest BCUT2D eigenvalue weighted by Gasteiger charge is 1.97. The maximum absolute atomic E-state index is 5.88. The molecule has 0 aliphatic rings. The Morgan fingerprint density at radius 3 is 0.700 bits per heavy atom. The Hall–Kier alpha value is -0.120. The summed E-state index contributed by atoms with van der Waals surface area (Å²) in [5, 5.41) is 0. The maximum atomic E-state index is 5.88. The van der Waals surface area contributed by atoms with Crippen LogP contribution >= 0.6 is 0 Å². The van der Waals surface area contributed by atoms with Gasteiger partial charge in [-0.05, 0) is 32.2 Å². The molecule has 0 heterocycles. The summed E-state index contributed by atoms with van der Waals surface area (Å²) in [6.07, 6.45) is 43.3. The highest BCUT2D eigenvalue weighted by molar-refractivity contribution is 4.52. The summed E-state index contributed by atoms with van der Waals surface area (Å²) >= 11 is 0. The fourth-order valence-electron chi connectivity index (χ4n) is 5.67. The van der Waals surface area contributed by atoms with E-state index in [4.69, 9.17) is 15.2 Å². The zero-order valence-electron chi connectivity index (χ0n) is 27.8. The van der Waals surface area contributed by atoms with Crippen molar-refractivity contribution in [2.75, 3.05) is 33.0 Å². The van der Waals surface area contributed by atoms with Crippen molar-refractivity contribution in [3.8, 4) is 0 Å². The van der Waals surface area contributed by atoms with Crippen LogP contribution in [-0.2, 0) is 9.47 Å². The summed E-state index contributed by atoms with van der Waals surface area (Å²) in [7, 11) is 0. The van der Waals surface area contributed by atoms with Crippen molar-refractivity contribution in [3.05, 3.63) is 0 Å². The Bertz CT molecular complexity index is 379. The van der Waals surface area contributed by atoms with Crippen LogP contribution in [0.4, 0.5) is 0 Å². The molecule has 0 saturated heterocycles. The van der Waals surface area contributed by atoms with Gasteiger partial charge < -0.3 is 15.2 Å². The van der Waals surface area contributed by atoms with E-state index in [1.165, 1.54) is 193 Å². The van der Waals surface area contributed by atoms with Gasteiger partial charge in [0.25, 0.3) is 0 Å². The van der Waals surface area contributed by atoms with Crippen LogP contribution in [0.1, 0.15) is 206 Å². The first-order valence-corrected chi connectivity index (χ1v) is 18.8. The number of unbranched alkanes of at least 4 members (excludes halogenated alkanes) is 28. The van der Waals surface area contributed by atoms with Crippen molar-refractivity contribution >= 4 is 0 Å². The fraction of sp³-hybridized carbons (Fsp3) is 1.00. The minimum Gasteiger partial charge on any atom is -0.381 e. The van der Waals surface area contributed by atoms with Gasteiger partial charge in [-0.1, -0.05) is 180 Å². The molecule has 0 aromatic heterocycles. The first-order valence-electron chi connectivity index (χ1n) is 18.8. The van der Waals surface area contributed by atoms with E-state index in [-0.39, 0.29) is 0 Å². The lowest BCUT2D eigenvalue weighted by Gasteiger charge is -2.06. The molecule has 0 aromatic carbocycles. The summed E-state index contributed by atoms with van der Waals surface area (Å²) in [5.41, 5.74) is 5.47. The first kappa shape index (κ1) is 39.9. The molecular formula is C37H77NO2. The molecule has 0 aromatic rings. The third kappa shape index (κ3) is 37.9. The van der Waals surface area contributed by atoms with Crippen molar-refractivity contribution in [2.24, 2.45) is 5.73 Å². The van der Waals surface area contributed by atoms with Crippen LogP contribution in [0, 0.1) is 0 Å². The minimum absolute atomic E-state index is 0.745. The third-order valence-corrected chi connectivity index (χ3v) is 8.46. The molecule has 3 nitrogen and oxygen atoms in total. The summed E-state index contributed by atoms with van der Waals surface area (Å²) in [5.74, 6) is 0. The van der Waals surface area contributed by atoms with E-state index >= 15 is 0 Å². The molecule has 0 bridgehead atoms. The Balaban J connectivity index is 3.01. The van der Waals surface area contributed by atoms with Crippen molar-refractivity contribution < 1.29 is 9.47 Å². The second kappa shape index (κ2) is 38.9. The van der Waals surface area contributed by atoms with Gasteiger partial charge in [-0.2, -0.15) is 0 Å². The van der Waals surface area contributed by atoms with E-state index in [1.54, 1.807) is 0 Å². The van der Waals surface area contributed by atoms with Crippen LogP contribution in [-0.4, -0.2) is 33.0 Å². The predicted octanol–water partition coefficient (Wildman–Crippen LogP) is 12.1. The van der Waals surface area contributed by atoms with E-state index in [1.807, 2.05) is 0 Å². The lowest BCUT2D eigenvalue weighted by atomic mass is 10.0. The zero-order chi connectivity index (χ0) is 28.9. The summed E-state index contributed by atoms with van der Waals surface area (Å²) in [6, 6.07) is 0. The monoisotopic (exact) mass is 568 g/mol. The normalized spacial score (nSPS) is 11.6. The van der Waals surface area contributed by atoms with Gasteiger partial charge in [0.15, 0.2) is 0 Å². The molecule has 0 aliphatic carbocycles. The van der Waals surface area contributed by atoms with Crippen LogP contribution in [0.3, 0.4) is 0 Å². The van der Waals surface area contributed by atoms with Gasteiger partial charge in [-0.25, -0.2) is 0 Å². The van der Waals surface area contributed by atoms with Gasteiger partial charge in [0.2, 0.25) is 0 Å². The quantitative estimate of drug-likeness (QED) is 0.0759. The molecule has 0 fully saturated rings. The molecule has 0 unspecified atom stereocenters. The topological polar surface area (TPSA) is 44.5 Å². The van der Waals surface area contributed by atoms with E-state index in [9.17, 15) is 0 Å². The van der Waals surface area contributed by atoms with Crippen LogP contribution in [0.25, 0.3) is 0 Å². The largest absolute Gasteiger partial charge is 0.381 e. The number of ether oxygens (including phenoxy) is 2. The molecule has 0 rings (SSSR count). The lowest BCUT2D eigenvalue weighted by Crippen LogP contribution is -2.04. The second-order valence-electron chi connectivity index (χ2n) is 12.6. The van der Waals surface area contributed by atoms with Crippen molar-refractivity contribution in [3.63, 3.8) is 0 Å². The van der Waals surface area contributed by atoms with Gasteiger partial charge in [0.1, 0.15) is 0 Å². The molecule has 242 valence electrons. The van der Waals surface area contributed by atoms with E-state index < -0.39 is 0 Å². The number of hydrogen-bond acceptors (Lipinski definition) is 3. The second-order valence-corrected chi connectivity index (χ2v) is 12.6. The van der Waals surface area contributed by atoms with Gasteiger partial charge in [-0.3, -0.25) is 0 Å². The van der Waals surface area contributed by atoms with Crippen molar-refractivity contribution in [2.45, 2.75) is 206 Å². The average Bonchev–Trinajstić information content (AvgIpc) is 2.97. The van der Waals surface area contributed by atoms with Crippen LogP contribution in [0.15, 0.2) is 0 Å². The molecule has 0 spiro atoms. The predicted molar refractivity (Wildman–Crippen MR) is 179 cm³/mol. The molecule has 0 saturated carbocycles. The van der Waals surface area contributed by atoms with E-state index in [0.29, 0.717) is 0 Å². The molecule has 0 aliphatic heterocycles. The summed E-state index contributed by atoms with van der Waals surface area (Å²) in [4.78, 5) is 0. The minimum atomic E-state index is 0.745. The molecule has 40 heavy (non-hydrogen) atoms. The molecule has 0 radical (unpaired) electrons. The van der Waals surface area contributed by atoms with Crippen LogP contribution < -0.4 is 5.73 Å². The van der Waals surface area contributed by atoms with Crippen molar-refractivity contribution in [1.29, 1.82) is 0 Å². The van der Waals surface area contributed by atoms with E-state index in [0.717, 1.165) is 39.4 Å². The smallest absolute Gasteiger partial charge is 0.0478 e. The Morgan fingerprint density at radius 2 is 0.475 bits per heavy atom. The lowest BCUT2D eigenvalue weighted by molar-refractivity contribution is 0.125. The van der Waals surface area contributed by atoms with Gasteiger partial charge in [0, 0.05) is 26.4 Å².